The van der Waals surface area contributed by atoms with Gasteiger partial charge in [0.25, 0.3) is 5.91 Å². The summed E-state index contributed by atoms with van der Waals surface area (Å²) in [5.41, 5.74) is 7.33. The quantitative estimate of drug-likeness (QED) is 0.0796. The Kier molecular flexibility index (Phi) is 12.7. The van der Waals surface area contributed by atoms with Crippen molar-refractivity contribution < 1.29 is 53.9 Å². The number of nitrogens with zero attached hydrogens (tertiary/aromatic N) is 4. The molecule has 1 aliphatic heterocycles. The first-order chi connectivity index (χ1) is 24.3. The Labute approximate surface area is 299 Å². The third-order valence-corrected chi connectivity index (χ3v) is 8.80. The number of aliphatic hydroxyl groups excluding tert-OH is 1. The average Bonchev–Trinajstić information content (AvgIpc) is 3.49. The number of amides is 2. The molecule has 2 amide bonds. The van der Waals surface area contributed by atoms with Crippen molar-refractivity contribution in [3.05, 3.63) is 110 Å². The largest absolute Gasteiger partial charge is 0.486 e. The summed E-state index contributed by atoms with van der Waals surface area (Å²) in [6.45, 7) is -0.264. The van der Waals surface area contributed by atoms with E-state index in [-0.39, 0.29) is 41.0 Å². The van der Waals surface area contributed by atoms with Crippen molar-refractivity contribution in [2.24, 2.45) is 5.11 Å². The molecule has 0 unspecified atom stereocenters. The topological polar surface area (TPSA) is 249 Å². The number of carbonyl (C=O) groups is 5. The van der Waals surface area contributed by atoms with Crippen molar-refractivity contribution >= 4 is 53.1 Å². The van der Waals surface area contributed by atoms with Crippen molar-refractivity contribution in [1.82, 2.24) is 10.2 Å². The molecule has 3 aromatic rings. The minimum absolute atomic E-state index is 0.0492. The Morgan fingerprint density at radius 3 is 2.02 bits per heavy atom. The number of azide groups is 1. The van der Waals surface area contributed by atoms with Gasteiger partial charge in [0, 0.05) is 16.5 Å². The van der Waals surface area contributed by atoms with Gasteiger partial charge in [-0.2, -0.15) is 0 Å². The summed E-state index contributed by atoms with van der Waals surface area (Å²) in [6.07, 6.45) is -5.37. The zero-order valence-corrected chi connectivity index (χ0v) is 28.0. The summed E-state index contributed by atoms with van der Waals surface area (Å²) in [6, 6.07) is 14.2. The number of benzene rings is 3. The van der Waals surface area contributed by atoms with E-state index in [1.165, 1.54) is 12.1 Å². The van der Waals surface area contributed by atoms with E-state index in [1.54, 1.807) is 30.3 Å². The third kappa shape index (κ3) is 8.80. The smallest absolute Gasteiger partial charge is 0.411 e. The maximum Gasteiger partial charge on any atom is 0.411 e. The fourth-order valence-electron chi connectivity index (χ4n) is 5.77. The van der Waals surface area contributed by atoms with Crippen molar-refractivity contribution in [2.45, 2.75) is 62.2 Å². The first-order valence-electron chi connectivity index (χ1n) is 15.2. The van der Waals surface area contributed by atoms with E-state index < -0.39 is 72.5 Å². The first kappa shape index (κ1) is 38.3. The van der Waals surface area contributed by atoms with Crippen molar-refractivity contribution in [2.75, 3.05) is 0 Å². The van der Waals surface area contributed by atoms with E-state index in [4.69, 9.17) is 38.2 Å². The van der Waals surface area contributed by atoms with Crippen molar-refractivity contribution in [3.63, 3.8) is 0 Å². The van der Waals surface area contributed by atoms with Crippen LogP contribution in [0.4, 0.5) is 4.79 Å². The molecule has 5 atom stereocenters. The minimum atomic E-state index is -2.75. The van der Waals surface area contributed by atoms with E-state index in [2.05, 4.69) is 15.3 Å². The summed E-state index contributed by atoms with van der Waals surface area (Å²) < 4.78 is 11.1. The SMILES string of the molecule is [N-]=[N+]=N[C@@H](C(=O)O)[C@H](O)[C@@]1(C(=O)O)CC[C@H](C[C@H](NC(=O)c2cc(Cl)c(OCc3ccccc3)c(Cl)c2)C(=O)O)N1C(=O)OCc1ccccc1. The Bertz CT molecular complexity index is 1800. The van der Waals surface area contributed by atoms with Gasteiger partial charge in [-0.05, 0) is 48.1 Å². The fourth-order valence-corrected chi connectivity index (χ4v) is 6.37. The molecule has 16 nitrogen and oxygen atoms in total. The number of ether oxygens (including phenoxy) is 2. The zero-order chi connectivity index (χ0) is 37.3. The molecule has 1 fully saturated rings. The molecule has 51 heavy (non-hydrogen) atoms. The molecular formula is C33H31Cl2N5O11. The van der Waals surface area contributed by atoms with Gasteiger partial charge in [-0.3, -0.25) is 14.5 Å². The van der Waals surface area contributed by atoms with Crippen LogP contribution >= 0.6 is 23.2 Å². The maximum atomic E-state index is 13.7. The first-order valence-corrected chi connectivity index (χ1v) is 15.9. The van der Waals surface area contributed by atoms with E-state index in [0.29, 0.717) is 10.5 Å². The zero-order valence-electron chi connectivity index (χ0n) is 26.5. The van der Waals surface area contributed by atoms with Gasteiger partial charge < -0.3 is 35.2 Å². The number of rotatable bonds is 15. The molecule has 0 radical (unpaired) electrons. The summed E-state index contributed by atoms with van der Waals surface area (Å²) in [5.74, 6) is -6.20. The third-order valence-electron chi connectivity index (χ3n) is 8.24. The molecule has 268 valence electrons. The predicted molar refractivity (Wildman–Crippen MR) is 179 cm³/mol. The van der Waals surface area contributed by atoms with Crippen LogP contribution in [0.3, 0.4) is 0 Å². The van der Waals surface area contributed by atoms with Crippen LogP contribution in [0.25, 0.3) is 10.4 Å². The lowest BCUT2D eigenvalue weighted by Crippen LogP contribution is -2.66. The number of carbonyl (C=O) groups excluding carboxylic acids is 2. The van der Waals surface area contributed by atoms with Gasteiger partial charge in [-0.25, -0.2) is 14.4 Å². The standard InChI is InChI=1S/C33H31Cl2N5O11/c34-22-13-20(14-23(35)26(22)50-16-18-7-3-1-4-8-18)28(42)37-24(29(43)44)15-21-11-12-33(31(47)48,27(41)25(30(45)46)38-39-36)40(21)32(49)51-17-19-9-5-2-6-10-19/h1-10,13-14,21,24-25,27,41H,11-12,15-17H2,(H,37,42)(H,43,44)(H,45,46)(H,47,48)/t21-,24+,25-,27+,33-/m1/s1. The number of aliphatic carboxylic acids is 3. The number of carboxylic acid groups (broad SMARTS) is 3. The van der Waals surface area contributed by atoms with Crippen LogP contribution in [0, 0.1) is 0 Å². The lowest BCUT2D eigenvalue weighted by atomic mass is 9.85. The van der Waals surface area contributed by atoms with Gasteiger partial charge >= 0.3 is 24.0 Å². The van der Waals surface area contributed by atoms with E-state index in [1.807, 2.05) is 30.3 Å². The highest BCUT2D eigenvalue weighted by atomic mass is 35.5. The van der Waals surface area contributed by atoms with E-state index in [9.17, 15) is 44.4 Å². The summed E-state index contributed by atoms with van der Waals surface area (Å²) in [4.78, 5) is 67.1. The van der Waals surface area contributed by atoms with Gasteiger partial charge in [0.2, 0.25) is 0 Å². The number of likely N-dealkylation sites (tertiary alicyclic amines) is 1. The summed E-state index contributed by atoms with van der Waals surface area (Å²) in [7, 11) is 0. The number of halogens is 2. The highest BCUT2D eigenvalue weighted by molar-refractivity contribution is 6.37. The molecule has 0 saturated carbocycles. The highest BCUT2D eigenvalue weighted by Crippen LogP contribution is 2.41. The molecule has 1 aliphatic rings. The summed E-state index contributed by atoms with van der Waals surface area (Å²) >= 11 is 12.7. The van der Waals surface area contributed by atoms with Crippen LogP contribution in [0.5, 0.6) is 5.75 Å². The van der Waals surface area contributed by atoms with Crippen molar-refractivity contribution in [1.29, 1.82) is 0 Å². The summed E-state index contributed by atoms with van der Waals surface area (Å²) in [5, 5.41) is 46.5. The monoisotopic (exact) mass is 743 g/mol. The lowest BCUT2D eigenvalue weighted by molar-refractivity contribution is -0.162. The van der Waals surface area contributed by atoms with Gasteiger partial charge in [-0.15, -0.1) is 0 Å². The Balaban J connectivity index is 1.61. The van der Waals surface area contributed by atoms with Crippen molar-refractivity contribution in [3.8, 4) is 5.75 Å². The fraction of sp³-hybridized carbons (Fsp3) is 0.303. The number of aliphatic hydroxyl groups is 1. The Hall–Kier alpha value is -5.54. The predicted octanol–water partition coefficient (Wildman–Crippen LogP) is 4.89. The molecule has 0 spiro atoms. The number of nitrogens with one attached hydrogen (secondary N) is 1. The minimum Gasteiger partial charge on any atom is -0.486 e. The maximum absolute atomic E-state index is 13.7. The van der Waals surface area contributed by atoms with E-state index >= 15 is 0 Å². The Morgan fingerprint density at radius 2 is 1.51 bits per heavy atom. The number of carboxylic acids is 3. The normalized spacial score (nSPS) is 18.4. The second-order valence-electron chi connectivity index (χ2n) is 11.4. The van der Waals surface area contributed by atoms with Crippen LogP contribution in [0.1, 0.15) is 40.7 Å². The molecule has 4 rings (SSSR count). The molecule has 0 aromatic heterocycles. The van der Waals surface area contributed by atoms with Gasteiger partial charge in [0.1, 0.15) is 25.4 Å². The average molecular weight is 745 g/mol. The Morgan fingerprint density at radius 1 is 0.941 bits per heavy atom. The van der Waals surface area contributed by atoms with Gasteiger partial charge in [0.05, 0.1) is 10.0 Å². The highest BCUT2D eigenvalue weighted by Gasteiger charge is 2.62. The van der Waals surface area contributed by atoms with Gasteiger partial charge in [-0.1, -0.05) is 89.0 Å². The molecule has 1 heterocycles. The van der Waals surface area contributed by atoms with E-state index in [0.717, 1.165) is 5.56 Å². The molecule has 1 saturated heterocycles. The molecule has 0 bridgehead atoms. The lowest BCUT2D eigenvalue weighted by Gasteiger charge is -2.41. The molecular weight excluding hydrogens is 713 g/mol. The molecule has 3 aromatic carbocycles. The second kappa shape index (κ2) is 16.9. The van der Waals surface area contributed by atoms with Crippen LogP contribution < -0.4 is 10.1 Å². The van der Waals surface area contributed by atoms with Crippen LogP contribution in [0.2, 0.25) is 10.0 Å². The van der Waals surface area contributed by atoms with Crippen LogP contribution in [-0.2, 0) is 32.3 Å². The molecule has 0 aliphatic carbocycles. The van der Waals surface area contributed by atoms with Crippen LogP contribution in [-0.4, -0.2) is 85.0 Å². The van der Waals surface area contributed by atoms with Gasteiger partial charge in [0.15, 0.2) is 17.3 Å². The number of hydrogen-bond acceptors (Lipinski definition) is 9. The second-order valence-corrected chi connectivity index (χ2v) is 12.2. The molecule has 5 N–H and O–H groups in total. The van der Waals surface area contributed by atoms with Crippen LogP contribution in [0.15, 0.2) is 77.9 Å². The number of hydrogen-bond donors (Lipinski definition) is 5. The molecule has 18 heteroatoms.